The maximum Gasteiger partial charge on any atom is 0.273 e. The van der Waals surface area contributed by atoms with Gasteiger partial charge in [-0.2, -0.15) is 0 Å². The van der Waals surface area contributed by atoms with Gasteiger partial charge in [0.15, 0.2) is 0 Å². The predicted octanol–water partition coefficient (Wildman–Crippen LogP) is 4.86. The Morgan fingerprint density at radius 1 is 1.06 bits per heavy atom. The van der Waals surface area contributed by atoms with Crippen molar-refractivity contribution >= 4 is 34.5 Å². The molecular weight excluding hydrogens is 470 g/mol. The standard InChI is InChI=1S/C25H26ClN5O2S/c1-17(2)33-21-6-3-18(4-7-21)24-28-22(16-34-24)25(32)30-11-9-29(10-12-30)14-20-15-31-13-19(26)5-8-23(31)27-20/h3-8,13,15-17H,9-12,14H2,1-2H3. The SMILES string of the molecule is CC(C)Oc1ccc(-c2nc(C(=O)N3CCN(Cc4cn5cc(Cl)ccc5n4)CC3)cs2)cc1. The summed E-state index contributed by atoms with van der Waals surface area (Å²) in [5.41, 5.74) is 3.37. The summed E-state index contributed by atoms with van der Waals surface area (Å²) in [6.07, 6.45) is 4.01. The third-order valence-corrected chi connectivity index (χ3v) is 6.82. The first-order valence-corrected chi connectivity index (χ1v) is 12.6. The zero-order valence-corrected chi connectivity index (χ0v) is 20.7. The van der Waals surface area contributed by atoms with Crippen LogP contribution in [-0.4, -0.2) is 62.4 Å². The average Bonchev–Trinajstić information content (AvgIpc) is 3.46. The summed E-state index contributed by atoms with van der Waals surface area (Å²) in [6, 6.07) is 11.6. The van der Waals surface area contributed by atoms with Crippen LogP contribution in [0.25, 0.3) is 16.2 Å². The lowest BCUT2D eigenvalue weighted by Gasteiger charge is -2.34. The highest BCUT2D eigenvalue weighted by molar-refractivity contribution is 7.13. The van der Waals surface area contributed by atoms with Gasteiger partial charge in [-0.05, 0) is 50.2 Å². The molecule has 1 aliphatic heterocycles. The summed E-state index contributed by atoms with van der Waals surface area (Å²) in [5.74, 6) is 0.821. The molecule has 0 aliphatic carbocycles. The third-order valence-electron chi connectivity index (χ3n) is 5.71. The lowest BCUT2D eigenvalue weighted by molar-refractivity contribution is 0.0622. The van der Waals surface area contributed by atoms with Crippen molar-refractivity contribution in [2.24, 2.45) is 0 Å². The molecule has 1 amide bonds. The number of nitrogens with zero attached hydrogens (tertiary/aromatic N) is 5. The molecule has 1 saturated heterocycles. The number of ether oxygens (including phenoxy) is 1. The Bertz CT molecular complexity index is 1290. The molecule has 7 nitrogen and oxygen atoms in total. The highest BCUT2D eigenvalue weighted by Gasteiger charge is 2.24. The first-order chi connectivity index (χ1) is 16.4. The highest BCUT2D eigenvalue weighted by Crippen LogP contribution is 2.27. The van der Waals surface area contributed by atoms with Gasteiger partial charge in [0.25, 0.3) is 5.91 Å². The number of carbonyl (C=O) groups is 1. The number of benzene rings is 1. The van der Waals surface area contributed by atoms with Gasteiger partial charge >= 0.3 is 0 Å². The maximum atomic E-state index is 13.0. The Hall–Kier alpha value is -2.94. The normalized spacial score (nSPS) is 14.8. The third kappa shape index (κ3) is 5.09. The molecule has 176 valence electrons. The van der Waals surface area contributed by atoms with Crippen molar-refractivity contribution in [1.29, 1.82) is 0 Å². The van der Waals surface area contributed by atoms with Crippen molar-refractivity contribution in [3.8, 4) is 16.3 Å². The van der Waals surface area contributed by atoms with E-state index < -0.39 is 0 Å². The van der Waals surface area contributed by atoms with Crippen molar-refractivity contribution < 1.29 is 9.53 Å². The van der Waals surface area contributed by atoms with Crippen molar-refractivity contribution in [2.75, 3.05) is 26.2 Å². The fraction of sp³-hybridized carbons (Fsp3) is 0.320. The maximum absolute atomic E-state index is 13.0. The molecule has 9 heteroatoms. The molecule has 0 unspecified atom stereocenters. The number of thiazole rings is 1. The minimum Gasteiger partial charge on any atom is -0.491 e. The molecule has 0 N–H and O–H groups in total. The second kappa shape index (κ2) is 9.74. The first kappa shape index (κ1) is 22.8. The number of hydrogen-bond donors (Lipinski definition) is 0. The number of aromatic nitrogens is 3. The van der Waals surface area contributed by atoms with E-state index in [4.69, 9.17) is 16.3 Å². The summed E-state index contributed by atoms with van der Waals surface area (Å²) in [5, 5.41) is 3.38. The Kier molecular flexibility index (Phi) is 6.54. The predicted molar refractivity (Wildman–Crippen MR) is 135 cm³/mol. The van der Waals surface area contributed by atoms with Crippen LogP contribution in [0.4, 0.5) is 0 Å². The van der Waals surface area contributed by atoms with Crippen LogP contribution in [0, 0.1) is 0 Å². The molecule has 0 atom stereocenters. The van der Waals surface area contributed by atoms with E-state index in [9.17, 15) is 4.79 Å². The second-order valence-corrected chi connectivity index (χ2v) is 9.94. The minimum atomic E-state index is -0.00992. The molecule has 3 aromatic heterocycles. The molecule has 0 bridgehead atoms. The molecule has 0 saturated carbocycles. The van der Waals surface area contributed by atoms with Crippen LogP contribution < -0.4 is 4.74 Å². The molecule has 0 spiro atoms. The lowest BCUT2D eigenvalue weighted by Crippen LogP contribution is -2.48. The highest BCUT2D eigenvalue weighted by atomic mass is 35.5. The lowest BCUT2D eigenvalue weighted by atomic mass is 10.2. The smallest absolute Gasteiger partial charge is 0.273 e. The topological polar surface area (TPSA) is 63.0 Å². The molecule has 4 aromatic rings. The molecule has 1 aromatic carbocycles. The zero-order valence-electron chi connectivity index (χ0n) is 19.1. The molecule has 34 heavy (non-hydrogen) atoms. The number of piperazine rings is 1. The molecule has 5 rings (SSSR count). The zero-order chi connectivity index (χ0) is 23.7. The molecule has 0 radical (unpaired) electrons. The quantitative estimate of drug-likeness (QED) is 0.382. The number of imidazole rings is 1. The van der Waals surface area contributed by atoms with Gasteiger partial charge in [0.05, 0.1) is 16.8 Å². The number of fused-ring (bicyclic) bond motifs is 1. The Labute approximate surface area is 207 Å². The van der Waals surface area contributed by atoms with Crippen LogP contribution in [0.15, 0.2) is 54.2 Å². The number of rotatable bonds is 6. The Morgan fingerprint density at radius 2 is 1.82 bits per heavy atom. The van der Waals surface area contributed by atoms with Gasteiger partial charge in [0, 0.05) is 56.1 Å². The van der Waals surface area contributed by atoms with Crippen molar-refractivity contribution in [2.45, 2.75) is 26.5 Å². The van der Waals surface area contributed by atoms with E-state index in [0.29, 0.717) is 23.8 Å². The van der Waals surface area contributed by atoms with Crippen LogP contribution >= 0.6 is 22.9 Å². The first-order valence-electron chi connectivity index (χ1n) is 11.3. The van der Waals surface area contributed by atoms with E-state index in [-0.39, 0.29) is 12.0 Å². The molecule has 1 fully saturated rings. The minimum absolute atomic E-state index is 0.00992. The van der Waals surface area contributed by atoms with Crippen LogP contribution in [0.5, 0.6) is 5.75 Å². The van der Waals surface area contributed by atoms with Gasteiger partial charge < -0.3 is 14.0 Å². The monoisotopic (exact) mass is 495 g/mol. The van der Waals surface area contributed by atoms with E-state index in [2.05, 4.69) is 14.9 Å². The summed E-state index contributed by atoms with van der Waals surface area (Å²) < 4.78 is 7.65. The molecular formula is C25H26ClN5O2S. The average molecular weight is 496 g/mol. The van der Waals surface area contributed by atoms with Crippen LogP contribution in [0.3, 0.4) is 0 Å². The van der Waals surface area contributed by atoms with E-state index >= 15 is 0 Å². The van der Waals surface area contributed by atoms with E-state index in [1.807, 2.05) is 77.3 Å². The largest absolute Gasteiger partial charge is 0.491 e. The Balaban J connectivity index is 1.17. The number of pyridine rings is 1. The van der Waals surface area contributed by atoms with Gasteiger partial charge in [-0.3, -0.25) is 9.69 Å². The van der Waals surface area contributed by atoms with Crippen molar-refractivity contribution in [3.63, 3.8) is 0 Å². The number of carbonyl (C=O) groups excluding carboxylic acids is 1. The van der Waals surface area contributed by atoms with Crippen molar-refractivity contribution in [3.05, 3.63) is 70.6 Å². The summed E-state index contributed by atoms with van der Waals surface area (Å²) >= 11 is 7.56. The fourth-order valence-electron chi connectivity index (χ4n) is 4.05. The summed E-state index contributed by atoms with van der Waals surface area (Å²) in [4.78, 5) is 26.5. The fourth-order valence-corrected chi connectivity index (χ4v) is 5.01. The summed E-state index contributed by atoms with van der Waals surface area (Å²) in [6.45, 7) is 7.70. The second-order valence-electron chi connectivity index (χ2n) is 8.64. The van der Waals surface area contributed by atoms with Crippen LogP contribution in [0.1, 0.15) is 30.0 Å². The van der Waals surface area contributed by atoms with E-state index in [0.717, 1.165) is 47.3 Å². The van der Waals surface area contributed by atoms with Gasteiger partial charge in [-0.15, -0.1) is 11.3 Å². The number of amides is 1. The summed E-state index contributed by atoms with van der Waals surface area (Å²) in [7, 11) is 0. The van der Waals surface area contributed by atoms with Gasteiger partial charge in [0.2, 0.25) is 0 Å². The van der Waals surface area contributed by atoms with Gasteiger partial charge in [-0.25, -0.2) is 9.97 Å². The van der Waals surface area contributed by atoms with Crippen LogP contribution in [0.2, 0.25) is 5.02 Å². The molecule has 1 aliphatic rings. The van der Waals surface area contributed by atoms with Crippen LogP contribution in [-0.2, 0) is 6.54 Å². The van der Waals surface area contributed by atoms with E-state index in [1.165, 1.54) is 11.3 Å². The number of hydrogen-bond acceptors (Lipinski definition) is 6. The van der Waals surface area contributed by atoms with Gasteiger partial charge in [0.1, 0.15) is 22.1 Å². The number of halogens is 1. The van der Waals surface area contributed by atoms with Gasteiger partial charge in [-0.1, -0.05) is 11.6 Å². The molecule has 4 heterocycles. The Morgan fingerprint density at radius 3 is 2.56 bits per heavy atom. The van der Waals surface area contributed by atoms with E-state index in [1.54, 1.807) is 0 Å². The van der Waals surface area contributed by atoms with Crippen molar-refractivity contribution in [1.82, 2.24) is 24.2 Å².